The summed E-state index contributed by atoms with van der Waals surface area (Å²) in [5, 5.41) is 8.92. The summed E-state index contributed by atoms with van der Waals surface area (Å²) in [5.74, 6) is 0. The van der Waals surface area contributed by atoms with Crippen molar-refractivity contribution in [1.82, 2.24) is 15.3 Å². The van der Waals surface area contributed by atoms with Crippen molar-refractivity contribution in [2.45, 2.75) is 26.4 Å². The van der Waals surface area contributed by atoms with Crippen molar-refractivity contribution < 1.29 is 14.3 Å². The zero-order valence-corrected chi connectivity index (χ0v) is 17.5. The van der Waals surface area contributed by atoms with Crippen LogP contribution >= 0.6 is 0 Å². The lowest BCUT2D eigenvalue weighted by atomic mass is 10.2. The highest BCUT2D eigenvalue weighted by Crippen LogP contribution is 2.12. The molecule has 1 aliphatic rings. The summed E-state index contributed by atoms with van der Waals surface area (Å²) in [5.41, 5.74) is 2.87. The Bertz CT molecular complexity index is 864. The number of aldehydes is 1. The van der Waals surface area contributed by atoms with Crippen molar-refractivity contribution in [2.24, 2.45) is 4.99 Å². The monoisotopic (exact) mass is 412 g/mol. The fourth-order valence-corrected chi connectivity index (χ4v) is 2.43. The molecule has 2 aromatic heterocycles. The lowest BCUT2D eigenvalue weighted by Crippen LogP contribution is -2.35. The van der Waals surface area contributed by atoms with Crippen LogP contribution in [0.4, 0.5) is 16.2 Å². The number of carbonyl (C=O) groups is 2. The molecule has 2 aromatic rings. The minimum Gasteiger partial charge on any atom is -0.444 e. The highest BCUT2D eigenvalue weighted by molar-refractivity contribution is 5.87. The average molecular weight is 412 g/mol. The second-order valence-electron chi connectivity index (χ2n) is 7.36. The van der Waals surface area contributed by atoms with Gasteiger partial charge in [0.05, 0.1) is 12.1 Å². The summed E-state index contributed by atoms with van der Waals surface area (Å²) < 4.78 is 5.09. The smallest absolute Gasteiger partial charge is 0.407 e. The molecular formula is C21H28N6O3. The maximum atomic E-state index is 11.4. The van der Waals surface area contributed by atoms with Crippen LogP contribution in [0.1, 0.15) is 36.7 Å². The number of amides is 1. The standard InChI is InChI=1S/C13H19N3O3.C8H9N3/c1-13(2,3)19-12(18)16-7-6-15-11-4-5-14-8-10(11)9-17;1-2-9-5-7-6-10-3-4-11-8(1)7/h4-5,8-9H,6-7H2,1-3H3,(H,14,15)(H,16,18);1-2,5-6,11H,3-4H2. The third kappa shape index (κ3) is 8.26. The molecule has 0 radical (unpaired) electrons. The maximum absolute atomic E-state index is 11.4. The summed E-state index contributed by atoms with van der Waals surface area (Å²) >= 11 is 0. The van der Waals surface area contributed by atoms with Crippen LogP contribution in [0.15, 0.2) is 41.9 Å². The molecular weight excluding hydrogens is 384 g/mol. The molecule has 3 N–H and O–H groups in total. The van der Waals surface area contributed by atoms with Crippen LogP contribution in [0.25, 0.3) is 0 Å². The first-order valence-corrected chi connectivity index (χ1v) is 9.66. The van der Waals surface area contributed by atoms with Crippen molar-refractivity contribution in [2.75, 3.05) is 36.8 Å². The molecule has 0 atom stereocenters. The molecule has 0 bridgehead atoms. The van der Waals surface area contributed by atoms with Gasteiger partial charge in [0.1, 0.15) is 5.60 Å². The number of ether oxygens (including phenoxy) is 1. The third-order valence-electron chi connectivity index (χ3n) is 3.73. The van der Waals surface area contributed by atoms with Crippen LogP contribution in [-0.4, -0.2) is 60.3 Å². The van der Waals surface area contributed by atoms with Gasteiger partial charge >= 0.3 is 6.09 Å². The van der Waals surface area contributed by atoms with Crippen molar-refractivity contribution in [3.63, 3.8) is 0 Å². The first kappa shape index (κ1) is 22.8. The summed E-state index contributed by atoms with van der Waals surface area (Å²) in [6.45, 7) is 8.05. The number of nitrogens with one attached hydrogen (secondary N) is 3. The molecule has 0 unspecified atom stereocenters. The second-order valence-corrected chi connectivity index (χ2v) is 7.36. The molecule has 1 amide bonds. The van der Waals surface area contributed by atoms with E-state index in [4.69, 9.17) is 4.74 Å². The van der Waals surface area contributed by atoms with Gasteiger partial charge in [-0.1, -0.05) is 0 Å². The van der Waals surface area contributed by atoms with Gasteiger partial charge in [-0.25, -0.2) is 4.79 Å². The number of aliphatic imine (C=N–C) groups is 1. The van der Waals surface area contributed by atoms with Crippen molar-refractivity contribution >= 4 is 30.0 Å². The number of hydrogen-bond donors (Lipinski definition) is 3. The predicted octanol–water partition coefficient (Wildman–Crippen LogP) is 2.76. The highest BCUT2D eigenvalue weighted by atomic mass is 16.6. The Labute approximate surface area is 176 Å². The molecule has 30 heavy (non-hydrogen) atoms. The van der Waals surface area contributed by atoms with E-state index in [1.54, 1.807) is 39.2 Å². The topological polar surface area (TPSA) is 118 Å². The number of anilines is 2. The Hall–Kier alpha value is -3.49. The Morgan fingerprint density at radius 1 is 1.20 bits per heavy atom. The molecule has 160 valence electrons. The predicted molar refractivity (Wildman–Crippen MR) is 118 cm³/mol. The number of fused-ring (bicyclic) bond motifs is 1. The number of alkyl carbamates (subject to hydrolysis) is 1. The van der Waals surface area contributed by atoms with E-state index in [9.17, 15) is 9.59 Å². The zero-order valence-electron chi connectivity index (χ0n) is 17.5. The molecule has 3 rings (SSSR count). The first-order valence-electron chi connectivity index (χ1n) is 9.66. The number of rotatable bonds is 5. The largest absolute Gasteiger partial charge is 0.444 e. The van der Waals surface area contributed by atoms with Gasteiger partial charge in [0.25, 0.3) is 0 Å². The van der Waals surface area contributed by atoms with E-state index in [0.29, 0.717) is 24.3 Å². The summed E-state index contributed by atoms with van der Waals surface area (Å²) in [6, 6.07) is 3.67. The molecule has 0 aromatic carbocycles. The molecule has 1 aliphatic heterocycles. The van der Waals surface area contributed by atoms with Crippen LogP contribution in [0.3, 0.4) is 0 Å². The molecule has 9 nitrogen and oxygen atoms in total. The molecule has 0 saturated carbocycles. The van der Waals surface area contributed by atoms with Gasteiger partial charge in [-0.2, -0.15) is 0 Å². The van der Waals surface area contributed by atoms with Crippen molar-refractivity contribution in [1.29, 1.82) is 0 Å². The quantitative estimate of drug-likeness (QED) is 0.510. The second kappa shape index (κ2) is 11.5. The number of aromatic nitrogens is 2. The summed E-state index contributed by atoms with van der Waals surface area (Å²) in [4.78, 5) is 34.2. The first-order chi connectivity index (χ1) is 14.4. The van der Waals surface area contributed by atoms with E-state index in [1.165, 1.54) is 6.20 Å². The molecule has 0 fully saturated rings. The van der Waals surface area contributed by atoms with E-state index in [0.717, 1.165) is 30.6 Å². The van der Waals surface area contributed by atoms with Crippen LogP contribution in [0.2, 0.25) is 0 Å². The number of hydrogen-bond acceptors (Lipinski definition) is 8. The van der Waals surface area contributed by atoms with Crippen molar-refractivity contribution in [3.05, 3.63) is 48.0 Å². The maximum Gasteiger partial charge on any atom is 0.407 e. The number of nitrogens with zero attached hydrogens (tertiary/aromatic N) is 3. The van der Waals surface area contributed by atoms with Gasteiger partial charge < -0.3 is 20.7 Å². The lowest BCUT2D eigenvalue weighted by Gasteiger charge is -2.19. The molecule has 0 saturated heterocycles. The third-order valence-corrected chi connectivity index (χ3v) is 3.73. The van der Waals surface area contributed by atoms with E-state index in [1.807, 2.05) is 18.5 Å². The summed E-state index contributed by atoms with van der Waals surface area (Å²) in [6.07, 6.45) is 8.81. The van der Waals surface area contributed by atoms with Gasteiger partial charge in [-0.15, -0.1) is 0 Å². The molecule has 0 spiro atoms. The van der Waals surface area contributed by atoms with Gasteiger partial charge in [0.15, 0.2) is 6.29 Å². The normalized spacial score (nSPS) is 12.2. The number of carbonyl (C=O) groups excluding carboxylic acids is 2. The van der Waals surface area contributed by atoms with E-state index in [-0.39, 0.29) is 0 Å². The van der Waals surface area contributed by atoms with E-state index >= 15 is 0 Å². The van der Waals surface area contributed by atoms with E-state index < -0.39 is 11.7 Å². The highest BCUT2D eigenvalue weighted by Gasteiger charge is 2.15. The van der Waals surface area contributed by atoms with Crippen LogP contribution in [0.5, 0.6) is 0 Å². The fraction of sp³-hybridized carbons (Fsp3) is 0.381. The Kier molecular flexibility index (Phi) is 8.74. The summed E-state index contributed by atoms with van der Waals surface area (Å²) in [7, 11) is 0. The van der Waals surface area contributed by atoms with Crippen molar-refractivity contribution in [3.8, 4) is 0 Å². The zero-order chi connectivity index (χ0) is 21.8. The van der Waals surface area contributed by atoms with Gasteiger partial charge in [0.2, 0.25) is 0 Å². The van der Waals surface area contributed by atoms with Crippen LogP contribution < -0.4 is 16.0 Å². The Balaban J connectivity index is 0.000000244. The minimum absolute atomic E-state index is 0.398. The Morgan fingerprint density at radius 2 is 1.97 bits per heavy atom. The lowest BCUT2D eigenvalue weighted by molar-refractivity contribution is 0.0530. The average Bonchev–Trinajstić information content (AvgIpc) is 2.96. The molecule has 9 heteroatoms. The molecule has 0 aliphatic carbocycles. The molecule has 3 heterocycles. The van der Waals surface area contributed by atoms with Gasteiger partial charge in [-0.05, 0) is 32.9 Å². The minimum atomic E-state index is -0.507. The fourth-order valence-electron chi connectivity index (χ4n) is 2.43. The van der Waals surface area contributed by atoms with Crippen LogP contribution in [-0.2, 0) is 4.74 Å². The van der Waals surface area contributed by atoms with Gasteiger partial charge in [-0.3, -0.25) is 19.8 Å². The number of pyridine rings is 2. The van der Waals surface area contributed by atoms with Gasteiger partial charge in [0, 0.05) is 67.6 Å². The van der Waals surface area contributed by atoms with Crippen LogP contribution in [0, 0.1) is 0 Å². The van der Waals surface area contributed by atoms with E-state index in [2.05, 4.69) is 30.9 Å². The Morgan fingerprint density at radius 3 is 2.73 bits per heavy atom. The SMILES string of the molecule is C1=NCCNc2ccncc21.CC(C)(C)OC(=O)NCCNc1ccncc1C=O.